The Labute approximate surface area is 114 Å². The van der Waals surface area contributed by atoms with E-state index in [0.29, 0.717) is 18.4 Å². The van der Waals surface area contributed by atoms with Gasteiger partial charge in [0.1, 0.15) is 5.69 Å². The highest BCUT2D eigenvalue weighted by Crippen LogP contribution is 2.22. The molecule has 0 aliphatic carbocycles. The summed E-state index contributed by atoms with van der Waals surface area (Å²) in [7, 11) is 0. The lowest BCUT2D eigenvalue weighted by molar-refractivity contribution is 0.713. The predicted molar refractivity (Wildman–Crippen MR) is 77.4 cm³/mol. The maximum Gasteiger partial charge on any atom is 0.100 e. The van der Waals surface area contributed by atoms with Crippen LogP contribution in [-0.2, 0) is 6.54 Å². The summed E-state index contributed by atoms with van der Waals surface area (Å²) in [6.07, 6.45) is 0. The van der Waals surface area contributed by atoms with Crippen LogP contribution in [0.1, 0.15) is 56.5 Å². The molecular weight excluding hydrogens is 236 g/mol. The summed E-state index contributed by atoms with van der Waals surface area (Å²) in [5.74, 6) is 0.882. The van der Waals surface area contributed by atoms with Crippen LogP contribution in [0, 0.1) is 0 Å². The Kier molecular flexibility index (Phi) is 4.00. The Morgan fingerprint density at radius 1 is 1.05 bits per heavy atom. The second-order valence-electron chi connectivity index (χ2n) is 5.44. The lowest BCUT2D eigenvalue weighted by Gasteiger charge is -2.12. The van der Waals surface area contributed by atoms with Gasteiger partial charge >= 0.3 is 0 Å². The van der Waals surface area contributed by atoms with Crippen molar-refractivity contribution >= 4 is 0 Å². The molecule has 2 aromatic rings. The van der Waals surface area contributed by atoms with Crippen molar-refractivity contribution in [2.45, 2.75) is 46.1 Å². The van der Waals surface area contributed by atoms with Crippen molar-refractivity contribution in [3.05, 3.63) is 41.2 Å². The molecule has 0 amide bonds. The monoisotopic (exact) mass is 258 g/mol. The van der Waals surface area contributed by atoms with E-state index in [1.165, 1.54) is 5.56 Å². The topological polar surface area (TPSA) is 56.7 Å². The second kappa shape index (κ2) is 5.53. The van der Waals surface area contributed by atoms with Crippen LogP contribution in [0.2, 0.25) is 0 Å². The van der Waals surface area contributed by atoms with Gasteiger partial charge in [0.25, 0.3) is 0 Å². The van der Waals surface area contributed by atoms with Gasteiger partial charge in [-0.2, -0.15) is 0 Å². The highest BCUT2D eigenvalue weighted by Gasteiger charge is 2.16. The summed E-state index contributed by atoms with van der Waals surface area (Å²) < 4.78 is 1.90. The maximum absolute atomic E-state index is 5.73. The lowest BCUT2D eigenvalue weighted by atomic mass is 10.0. The molecule has 19 heavy (non-hydrogen) atoms. The molecule has 1 heterocycles. The maximum atomic E-state index is 5.73. The SMILES string of the molecule is CC(C)c1ccc(-n2nnc(CN)c2C(C)C)cc1. The van der Waals surface area contributed by atoms with Gasteiger partial charge in [-0.25, -0.2) is 4.68 Å². The number of aromatic nitrogens is 3. The summed E-state index contributed by atoms with van der Waals surface area (Å²) in [6, 6.07) is 8.48. The van der Waals surface area contributed by atoms with Crippen molar-refractivity contribution in [3.63, 3.8) is 0 Å². The zero-order valence-electron chi connectivity index (χ0n) is 12.1. The molecule has 0 saturated carbocycles. The molecule has 0 bridgehead atoms. The molecule has 2 rings (SSSR count). The molecule has 4 heteroatoms. The van der Waals surface area contributed by atoms with Gasteiger partial charge in [-0.3, -0.25) is 0 Å². The minimum Gasteiger partial charge on any atom is -0.325 e. The molecule has 0 saturated heterocycles. The van der Waals surface area contributed by atoms with E-state index in [1.54, 1.807) is 0 Å². The first-order valence-corrected chi connectivity index (χ1v) is 6.79. The third-order valence-electron chi connectivity index (χ3n) is 3.32. The quantitative estimate of drug-likeness (QED) is 0.917. The molecule has 1 aromatic heterocycles. The zero-order chi connectivity index (χ0) is 14.0. The number of hydrogen-bond acceptors (Lipinski definition) is 3. The minimum absolute atomic E-state index is 0.346. The van der Waals surface area contributed by atoms with Gasteiger partial charge < -0.3 is 5.73 Å². The van der Waals surface area contributed by atoms with Gasteiger partial charge in [-0.15, -0.1) is 5.10 Å². The van der Waals surface area contributed by atoms with Crippen LogP contribution < -0.4 is 5.73 Å². The minimum atomic E-state index is 0.346. The van der Waals surface area contributed by atoms with Crippen molar-refractivity contribution in [2.75, 3.05) is 0 Å². The first kappa shape index (κ1) is 13.7. The average molecular weight is 258 g/mol. The van der Waals surface area contributed by atoms with Crippen LogP contribution in [0.15, 0.2) is 24.3 Å². The highest BCUT2D eigenvalue weighted by atomic mass is 15.4. The van der Waals surface area contributed by atoms with Gasteiger partial charge in [0.05, 0.1) is 11.4 Å². The molecule has 0 atom stereocenters. The van der Waals surface area contributed by atoms with Gasteiger partial charge in [0.15, 0.2) is 0 Å². The molecule has 1 aromatic carbocycles. The van der Waals surface area contributed by atoms with Crippen molar-refractivity contribution in [2.24, 2.45) is 5.73 Å². The van der Waals surface area contributed by atoms with E-state index in [0.717, 1.165) is 17.1 Å². The summed E-state index contributed by atoms with van der Waals surface area (Å²) in [4.78, 5) is 0. The third-order valence-corrected chi connectivity index (χ3v) is 3.32. The summed E-state index contributed by atoms with van der Waals surface area (Å²) in [6.45, 7) is 9.08. The van der Waals surface area contributed by atoms with Crippen molar-refractivity contribution in [1.82, 2.24) is 15.0 Å². The normalized spacial score (nSPS) is 11.5. The van der Waals surface area contributed by atoms with Crippen LogP contribution in [0.4, 0.5) is 0 Å². The van der Waals surface area contributed by atoms with Crippen molar-refractivity contribution in [3.8, 4) is 5.69 Å². The van der Waals surface area contributed by atoms with E-state index in [1.807, 2.05) is 4.68 Å². The molecule has 0 spiro atoms. The molecule has 0 radical (unpaired) electrons. The Hall–Kier alpha value is -1.68. The Morgan fingerprint density at radius 3 is 2.16 bits per heavy atom. The Bertz CT molecular complexity index is 538. The van der Waals surface area contributed by atoms with Gasteiger partial charge in [0.2, 0.25) is 0 Å². The van der Waals surface area contributed by atoms with Gasteiger partial charge in [0, 0.05) is 6.54 Å². The fourth-order valence-electron chi connectivity index (χ4n) is 2.23. The van der Waals surface area contributed by atoms with E-state index in [-0.39, 0.29) is 0 Å². The van der Waals surface area contributed by atoms with Gasteiger partial charge in [-0.05, 0) is 29.5 Å². The predicted octanol–water partition coefficient (Wildman–Crippen LogP) is 2.97. The summed E-state index contributed by atoms with van der Waals surface area (Å²) >= 11 is 0. The van der Waals surface area contributed by atoms with E-state index in [9.17, 15) is 0 Å². The van der Waals surface area contributed by atoms with Crippen LogP contribution >= 0.6 is 0 Å². The van der Waals surface area contributed by atoms with E-state index in [4.69, 9.17) is 5.73 Å². The molecule has 4 nitrogen and oxygen atoms in total. The van der Waals surface area contributed by atoms with E-state index < -0.39 is 0 Å². The molecule has 102 valence electrons. The van der Waals surface area contributed by atoms with Crippen molar-refractivity contribution < 1.29 is 0 Å². The molecule has 2 N–H and O–H groups in total. The van der Waals surface area contributed by atoms with Gasteiger partial charge in [-0.1, -0.05) is 45.0 Å². The number of rotatable bonds is 4. The standard InChI is InChI=1S/C15H22N4/c1-10(2)12-5-7-13(8-6-12)19-15(11(3)4)14(9-16)17-18-19/h5-8,10-11H,9,16H2,1-4H3. The molecule has 0 aliphatic heterocycles. The molecule has 0 fully saturated rings. The average Bonchev–Trinajstić information content (AvgIpc) is 2.82. The second-order valence-corrected chi connectivity index (χ2v) is 5.44. The fraction of sp³-hybridized carbons (Fsp3) is 0.467. The molecular formula is C15H22N4. The smallest absolute Gasteiger partial charge is 0.100 e. The number of hydrogen-bond donors (Lipinski definition) is 1. The van der Waals surface area contributed by atoms with E-state index in [2.05, 4.69) is 62.3 Å². The zero-order valence-corrected chi connectivity index (χ0v) is 12.1. The number of nitrogens with two attached hydrogens (primary N) is 1. The van der Waals surface area contributed by atoms with Crippen LogP contribution in [0.3, 0.4) is 0 Å². The molecule has 0 aliphatic rings. The first-order valence-electron chi connectivity index (χ1n) is 6.79. The Morgan fingerprint density at radius 2 is 1.68 bits per heavy atom. The summed E-state index contributed by atoms with van der Waals surface area (Å²) in [5, 5.41) is 8.42. The van der Waals surface area contributed by atoms with Crippen LogP contribution in [0.5, 0.6) is 0 Å². The van der Waals surface area contributed by atoms with Crippen molar-refractivity contribution in [1.29, 1.82) is 0 Å². The van der Waals surface area contributed by atoms with E-state index >= 15 is 0 Å². The fourth-order valence-corrected chi connectivity index (χ4v) is 2.23. The first-order chi connectivity index (χ1) is 9.04. The number of benzene rings is 1. The molecule has 0 unspecified atom stereocenters. The van der Waals surface area contributed by atoms with Crippen LogP contribution in [-0.4, -0.2) is 15.0 Å². The third kappa shape index (κ3) is 2.68. The lowest BCUT2D eigenvalue weighted by Crippen LogP contribution is -2.07. The Balaban J connectivity index is 2.44. The largest absolute Gasteiger partial charge is 0.325 e. The number of nitrogens with zero attached hydrogens (tertiary/aromatic N) is 3. The highest BCUT2D eigenvalue weighted by molar-refractivity contribution is 5.37. The summed E-state index contributed by atoms with van der Waals surface area (Å²) in [5.41, 5.74) is 10.1. The van der Waals surface area contributed by atoms with Crippen LogP contribution in [0.25, 0.3) is 5.69 Å².